The second-order valence-electron chi connectivity index (χ2n) is 3.47. The minimum Gasteiger partial charge on any atom is -0.326 e. The van der Waals surface area contributed by atoms with Crippen molar-refractivity contribution in [3.05, 3.63) is 48.3 Å². The molecule has 0 amide bonds. The van der Waals surface area contributed by atoms with Crippen LogP contribution in [0, 0.1) is 0 Å². The molecule has 0 radical (unpaired) electrons. The molecule has 2 aromatic rings. The largest absolute Gasteiger partial charge is 0.326 e. The van der Waals surface area contributed by atoms with Crippen molar-refractivity contribution in [1.82, 2.24) is 4.98 Å². The summed E-state index contributed by atoms with van der Waals surface area (Å²) in [7, 11) is 0. The summed E-state index contributed by atoms with van der Waals surface area (Å²) in [5.41, 5.74) is 9.15. The summed E-state index contributed by atoms with van der Waals surface area (Å²) >= 11 is 1.75. The third kappa shape index (κ3) is 2.26. The predicted octanol–water partition coefficient (Wildman–Crippen LogP) is 2.93. The zero-order valence-corrected chi connectivity index (χ0v) is 10.00. The minimum atomic E-state index is 0.521. The fourth-order valence-corrected chi connectivity index (χ4v) is 2.05. The maximum atomic E-state index is 5.70. The molecular weight excluding hydrogens is 216 g/mol. The lowest BCUT2D eigenvalue weighted by Crippen LogP contribution is -1.99. The smallest absolute Gasteiger partial charge is 0.0318 e. The zero-order chi connectivity index (χ0) is 11.4. The first kappa shape index (κ1) is 11.2. The SMILES string of the molecule is CSc1ccc(-c2ccncc2CN)cc1. The number of rotatable bonds is 3. The quantitative estimate of drug-likeness (QED) is 0.824. The molecule has 1 aromatic heterocycles. The highest BCUT2D eigenvalue weighted by atomic mass is 32.2. The summed E-state index contributed by atoms with van der Waals surface area (Å²) in [4.78, 5) is 5.36. The van der Waals surface area contributed by atoms with Gasteiger partial charge < -0.3 is 5.73 Å². The van der Waals surface area contributed by atoms with Crippen LogP contribution in [0.2, 0.25) is 0 Å². The number of benzene rings is 1. The molecule has 0 saturated heterocycles. The fourth-order valence-electron chi connectivity index (χ4n) is 1.64. The molecule has 16 heavy (non-hydrogen) atoms. The van der Waals surface area contributed by atoms with E-state index in [2.05, 4.69) is 35.5 Å². The predicted molar refractivity (Wildman–Crippen MR) is 69.3 cm³/mol. The Morgan fingerprint density at radius 3 is 2.56 bits per heavy atom. The number of hydrogen-bond donors (Lipinski definition) is 1. The van der Waals surface area contributed by atoms with Gasteiger partial charge in [-0.1, -0.05) is 12.1 Å². The monoisotopic (exact) mass is 230 g/mol. The molecule has 0 aliphatic heterocycles. The third-order valence-corrected chi connectivity index (χ3v) is 3.27. The molecular formula is C13H14N2S. The average Bonchev–Trinajstić information content (AvgIpc) is 2.39. The van der Waals surface area contributed by atoms with Crippen molar-refractivity contribution in [2.75, 3.05) is 6.26 Å². The molecule has 2 nitrogen and oxygen atoms in total. The van der Waals surface area contributed by atoms with E-state index in [1.807, 2.05) is 12.3 Å². The van der Waals surface area contributed by atoms with Crippen molar-refractivity contribution in [3.63, 3.8) is 0 Å². The molecule has 1 heterocycles. The van der Waals surface area contributed by atoms with Gasteiger partial charge in [0, 0.05) is 23.8 Å². The molecule has 0 atom stereocenters. The zero-order valence-electron chi connectivity index (χ0n) is 9.18. The first-order valence-corrected chi connectivity index (χ1v) is 6.35. The number of aromatic nitrogens is 1. The molecule has 3 heteroatoms. The summed E-state index contributed by atoms with van der Waals surface area (Å²) in [6.45, 7) is 0.521. The third-order valence-electron chi connectivity index (χ3n) is 2.52. The van der Waals surface area contributed by atoms with Gasteiger partial charge in [0.2, 0.25) is 0 Å². The van der Waals surface area contributed by atoms with Crippen molar-refractivity contribution in [1.29, 1.82) is 0 Å². The van der Waals surface area contributed by atoms with E-state index in [1.54, 1.807) is 18.0 Å². The Kier molecular flexibility index (Phi) is 3.59. The average molecular weight is 230 g/mol. The van der Waals surface area contributed by atoms with E-state index in [9.17, 15) is 0 Å². The van der Waals surface area contributed by atoms with Crippen LogP contribution in [0.3, 0.4) is 0 Å². The molecule has 82 valence electrons. The Morgan fingerprint density at radius 2 is 1.94 bits per heavy atom. The lowest BCUT2D eigenvalue weighted by molar-refractivity contribution is 1.05. The standard InChI is InChI=1S/C13H14N2S/c1-16-12-4-2-10(3-5-12)13-6-7-15-9-11(13)8-14/h2-7,9H,8,14H2,1H3. The van der Waals surface area contributed by atoms with E-state index in [-0.39, 0.29) is 0 Å². The van der Waals surface area contributed by atoms with E-state index in [4.69, 9.17) is 5.73 Å². The summed E-state index contributed by atoms with van der Waals surface area (Å²) in [5, 5.41) is 0. The molecule has 0 bridgehead atoms. The van der Waals surface area contributed by atoms with Crippen molar-refractivity contribution < 1.29 is 0 Å². The normalized spacial score (nSPS) is 10.4. The van der Waals surface area contributed by atoms with Crippen molar-refractivity contribution in [3.8, 4) is 11.1 Å². The van der Waals surface area contributed by atoms with Gasteiger partial charge in [-0.2, -0.15) is 0 Å². The van der Waals surface area contributed by atoms with Gasteiger partial charge in [-0.25, -0.2) is 0 Å². The Balaban J connectivity index is 2.42. The highest BCUT2D eigenvalue weighted by molar-refractivity contribution is 7.98. The minimum absolute atomic E-state index is 0.521. The van der Waals surface area contributed by atoms with Gasteiger partial charge in [0.25, 0.3) is 0 Å². The fraction of sp³-hybridized carbons (Fsp3) is 0.154. The molecule has 0 aliphatic rings. The maximum Gasteiger partial charge on any atom is 0.0318 e. The molecule has 2 N–H and O–H groups in total. The second-order valence-corrected chi connectivity index (χ2v) is 4.35. The van der Waals surface area contributed by atoms with Crippen LogP contribution in [0.15, 0.2) is 47.6 Å². The Morgan fingerprint density at radius 1 is 1.19 bits per heavy atom. The first-order valence-electron chi connectivity index (χ1n) is 5.12. The number of pyridine rings is 1. The van der Waals surface area contributed by atoms with Crippen LogP contribution in [0.25, 0.3) is 11.1 Å². The van der Waals surface area contributed by atoms with E-state index in [1.165, 1.54) is 16.0 Å². The molecule has 1 aromatic carbocycles. The number of nitrogens with zero attached hydrogens (tertiary/aromatic N) is 1. The van der Waals surface area contributed by atoms with Crippen molar-refractivity contribution >= 4 is 11.8 Å². The molecule has 0 fully saturated rings. The van der Waals surface area contributed by atoms with Crippen LogP contribution in [0.5, 0.6) is 0 Å². The Bertz CT molecular complexity index is 466. The van der Waals surface area contributed by atoms with E-state index in [0.717, 1.165) is 5.56 Å². The molecule has 0 unspecified atom stereocenters. The van der Waals surface area contributed by atoms with Crippen LogP contribution in [-0.2, 0) is 6.54 Å². The lowest BCUT2D eigenvalue weighted by atomic mass is 10.0. The van der Waals surface area contributed by atoms with E-state index in [0.29, 0.717) is 6.54 Å². The molecule has 0 saturated carbocycles. The lowest BCUT2D eigenvalue weighted by Gasteiger charge is -2.07. The van der Waals surface area contributed by atoms with E-state index < -0.39 is 0 Å². The van der Waals surface area contributed by atoms with E-state index >= 15 is 0 Å². The summed E-state index contributed by atoms with van der Waals surface area (Å²) in [6.07, 6.45) is 5.71. The highest BCUT2D eigenvalue weighted by Crippen LogP contribution is 2.25. The van der Waals surface area contributed by atoms with Gasteiger partial charge in [-0.05, 0) is 41.1 Å². The molecule has 0 aliphatic carbocycles. The van der Waals surface area contributed by atoms with Crippen molar-refractivity contribution in [2.24, 2.45) is 5.73 Å². The first-order chi connectivity index (χ1) is 7.85. The number of hydrogen-bond acceptors (Lipinski definition) is 3. The maximum absolute atomic E-state index is 5.70. The van der Waals surface area contributed by atoms with Crippen LogP contribution in [0.4, 0.5) is 0 Å². The van der Waals surface area contributed by atoms with Gasteiger partial charge in [-0.3, -0.25) is 4.98 Å². The van der Waals surface area contributed by atoms with Gasteiger partial charge in [0.1, 0.15) is 0 Å². The van der Waals surface area contributed by atoms with Crippen LogP contribution >= 0.6 is 11.8 Å². The van der Waals surface area contributed by atoms with Gasteiger partial charge >= 0.3 is 0 Å². The topological polar surface area (TPSA) is 38.9 Å². The number of nitrogens with two attached hydrogens (primary N) is 1. The summed E-state index contributed by atoms with van der Waals surface area (Å²) in [5.74, 6) is 0. The Labute approximate surface area is 99.9 Å². The molecule has 0 spiro atoms. The Hall–Kier alpha value is -1.32. The number of thioether (sulfide) groups is 1. The van der Waals surface area contributed by atoms with Crippen LogP contribution < -0.4 is 5.73 Å². The van der Waals surface area contributed by atoms with Gasteiger partial charge in [0.05, 0.1) is 0 Å². The highest BCUT2D eigenvalue weighted by Gasteiger charge is 2.03. The van der Waals surface area contributed by atoms with Crippen LogP contribution in [0.1, 0.15) is 5.56 Å². The van der Waals surface area contributed by atoms with Gasteiger partial charge in [0.15, 0.2) is 0 Å². The summed E-state index contributed by atoms with van der Waals surface area (Å²) in [6, 6.07) is 10.5. The summed E-state index contributed by atoms with van der Waals surface area (Å²) < 4.78 is 0. The van der Waals surface area contributed by atoms with Gasteiger partial charge in [-0.15, -0.1) is 11.8 Å². The van der Waals surface area contributed by atoms with Crippen LogP contribution in [-0.4, -0.2) is 11.2 Å². The molecule has 2 rings (SSSR count). The van der Waals surface area contributed by atoms with Crippen molar-refractivity contribution in [2.45, 2.75) is 11.4 Å². The second kappa shape index (κ2) is 5.14.